The van der Waals surface area contributed by atoms with Crippen LogP contribution in [-0.4, -0.2) is 23.6 Å². The lowest BCUT2D eigenvalue weighted by Gasteiger charge is -2.18. The van der Waals surface area contributed by atoms with E-state index in [1.165, 1.54) is 0 Å². The zero-order valence-electron chi connectivity index (χ0n) is 13.1. The van der Waals surface area contributed by atoms with Crippen LogP contribution in [0.3, 0.4) is 0 Å². The van der Waals surface area contributed by atoms with Crippen LogP contribution in [-0.2, 0) is 0 Å². The minimum Gasteiger partial charge on any atom is -0.388 e. The Bertz CT molecular complexity index is 429. The molecule has 0 saturated carbocycles. The Kier molecular flexibility index (Phi) is 8.01. The molecule has 0 heterocycles. The van der Waals surface area contributed by atoms with Crippen LogP contribution in [0.4, 0.5) is 0 Å². The van der Waals surface area contributed by atoms with Gasteiger partial charge in [-0.1, -0.05) is 38.8 Å². The van der Waals surface area contributed by atoms with Gasteiger partial charge in [0.05, 0.1) is 6.10 Å². The summed E-state index contributed by atoms with van der Waals surface area (Å²) >= 11 is 0. The molecule has 4 nitrogen and oxygen atoms in total. The van der Waals surface area contributed by atoms with Crippen molar-refractivity contribution < 1.29 is 9.90 Å². The van der Waals surface area contributed by atoms with E-state index in [-0.39, 0.29) is 11.9 Å². The molecule has 0 aliphatic heterocycles. The number of rotatable bonds is 9. The molecule has 0 aliphatic carbocycles. The second-order valence-corrected chi connectivity index (χ2v) is 5.47. The van der Waals surface area contributed by atoms with Crippen LogP contribution < -0.4 is 11.1 Å². The van der Waals surface area contributed by atoms with Gasteiger partial charge in [0.2, 0.25) is 0 Å². The first-order valence-electron chi connectivity index (χ1n) is 7.91. The lowest BCUT2D eigenvalue weighted by molar-refractivity contribution is 0.0932. The van der Waals surface area contributed by atoms with Crippen LogP contribution in [0.15, 0.2) is 24.3 Å². The number of aliphatic hydroxyl groups is 1. The van der Waals surface area contributed by atoms with Gasteiger partial charge in [-0.15, -0.1) is 0 Å². The summed E-state index contributed by atoms with van der Waals surface area (Å²) in [5.74, 6) is -0.0660. The van der Waals surface area contributed by atoms with Gasteiger partial charge in [-0.3, -0.25) is 4.79 Å². The van der Waals surface area contributed by atoms with Gasteiger partial charge in [-0.2, -0.15) is 0 Å². The summed E-state index contributed by atoms with van der Waals surface area (Å²) in [7, 11) is 0. The average molecular weight is 292 g/mol. The van der Waals surface area contributed by atoms with Crippen LogP contribution in [0.1, 0.15) is 68.0 Å². The lowest BCUT2D eigenvalue weighted by Crippen LogP contribution is -2.34. The van der Waals surface area contributed by atoms with Gasteiger partial charge in [0, 0.05) is 11.6 Å². The second-order valence-electron chi connectivity index (χ2n) is 5.47. The van der Waals surface area contributed by atoms with E-state index in [0.717, 1.165) is 31.2 Å². The molecule has 0 bridgehead atoms. The van der Waals surface area contributed by atoms with Gasteiger partial charge in [-0.25, -0.2) is 0 Å². The van der Waals surface area contributed by atoms with E-state index in [1.807, 2.05) is 6.07 Å². The SMILES string of the molecule is CCCC(CCC)NC(=O)c1cccc([C@H](O)CCN)c1. The third-order valence-corrected chi connectivity index (χ3v) is 3.58. The molecule has 0 saturated heterocycles. The van der Waals surface area contributed by atoms with Crippen molar-refractivity contribution in [3.8, 4) is 0 Å². The summed E-state index contributed by atoms with van der Waals surface area (Å²) in [6.07, 6.45) is 3.99. The Morgan fingerprint density at radius 1 is 1.24 bits per heavy atom. The summed E-state index contributed by atoms with van der Waals surface area (Å²) < 4.78 is 0. The van der Waals surface area contributed by atoms with Crippen LogP contribution >= 0.6 is 0 Å². The molecule has 0 radical (unpaired) electrons. The third kappa shape index (κ3) is 5.86. The second kappa shape index (κ2) is 9.53. The van der Waals surface area contributed by atoms with Gasteiger partial charge >= 0.3 is 0 Å². The number of carbonyl (C=O) groups is 1. The molecule has 1 aromatic rings. The van der Waals surface area contributed by atoms with Crippen molar-refractivity contribution in [3.63, 3.8) is 0 Å². The molecule has 0 aliphatic rings. The monoisotopic (exact) mass is 292 g/mol. The first-order valence-corrected chi connectivity index (χ1v) is 7.91. The lowest BCUT2D eigenvalue weighted by atomic mass is 10.0. The molecule has 21 heavy (non-hydrogen) atoms. The fourth-order valence-electron chi connectivity index (χ4n) is 2.47. The molecule has 0 spiro atoms. The highest BCUT2D eigenvalue weighted by atomic mass is 16.3. The topological polar surface area (TPSA) is 75.3 Å². The number of hydrogen-bond donors (Lipinski definition) is 3. The molecule has 118 valence electrons. The Balaban J connectivity index is 2.75. The Morgan fingerprint density at radius 3 is 2.48 bits per heavy atom. The molecule has 1 aromatic carbocycles. The predicted octanol–water partition coefficient (Wildman–Crippen LogP) is 2.77. The van der Waals surface area contributed by atoms with E-state index in [2.05, 4.69) is 19.2 Å². The standard InChI is InChI=1S/C17H28N2O2/c1-3-6-15(7-4-2)19-17(21)14-9-5-8-13(12-14)16(20)10-11-18/h5,8-9,12,15-16,20H,3-4,6-7,10-11,18H2,1-2H3,(H,19,21)/t16-/m1/s1. The van der Waals surface area contributed by atoms with Crippen LogP contribution in [0.25, 0.3) is 0 Å². The molecular formula is C17H28N2O2. The molecule has 0 aromatic heterocycles. The molecule has 0 fully saturated rings. The number of hydrogen-bond acceptors (Lipinski definition) is 3. The van der Waals surface area contributed by atoms with Gasteiger partial charge in [0.15, 0.2) is 0 Å². The van der Waals surface area contributed by atoms with Crippen molar-refractivity contribution in [2.45, 2.75) is 58.1 Å². The molecular weight excluding hydrogens is 264 g/mol. The number of aliphatic hydroxyl groups excluding tert-OH is 1. The maximum absolute atomic E-state index is 12.3. The van der Waals surface area contributed by atoms with Crippen molar-refractivity contribution >= 4 is 5.91 Å². The van der Waals surface area contributed by atoms with Crippen LogP contribution in [0.2, 0.25) is 0 Å². The minimum atomic E-state index is -0.607. The summed E-state index contributed by atoms with van der Waals surface area (Å²) in [5.41, 5.74) is 6.80. The van der Waals surface area contributed by atoms with Crippen LogP contribution in [0.5, 0.6) is 0 Å². The fourth-order valence-corrected chi connectivity index (χ4v) is 2.47. The zero-order valence-corrected chi connectivity index (χ0v) is 13.1. The minimum absolute atomic E-state index is 0.0660. The van der Waals surface area contributed by atoms with E-state index < -0.39 is 6.10 Å². The van der Waals surface area contributed by atoms with Gasteiger partial charge < -0.3 is 16.2 Å². The van der Waals surface area contributed by atoms with Crippen molar-refractivity contribution in [2.75, 3.05) is 6.54 Å². The van der Waals surface area contributed by atoms with Crippen LogP contribution in [0, 0.1) is 0 Å². The summed E-state index contributed by atoms with van der Waals surface area (Å²) in [6, 6.07) is 7.39. The number of amides is 1. The largest absolute Gasteiger partial charge is 0.388 e. The predicted molar refractivity (Wildman–Crippen MR) is 86.1 cm³/mol. The number of benzene rings is 1. The van der Waals surface area contributed by atoms with Crippen molar-refractivity contribution in [3.05, 3.63) is 35.4 Å². The molecule has 0 unspecified atom stereocenters. The van der Waals surface area contributed by atoms with Crippen molar-refractivity contribution in [1.82, 2.24) is 5.32 Å². The highest BCUT2D eigenvalue weighted by Crippen LogP contribution is 2.17. The average Bonchev–Trinajstić information content (AvgIpc) is 2.48. The Morgan fingerprint density at radius 2 is 1.90 bits per heavy atom. The highest BCUT2D eigenvalue weighted by molar-refractivity contribution is 5.94. The van der Waals surface area contributed by atoms with Gasteiger partial charge in [0.1, 0.15) is 0 Å². The number of nitrogens with two attached hydrogens (primary N) is 1. The smallest absolute Gasteiger partial charge is 0.251 e. The van der Waals surface area contributed by atoms with Crippen molar-refractivity contribution in [1.29, 1.82) is 0 Å². The van der Waals surface area contributed by atoms with Gasteiger partial charge in [0.25, 0.3) is 5.91 Å². The Labute approximate surface area is 127 Å². The third-order valence-electron chi connectivity index (χ3n) is 3.58. The first-order chi connectivity index (χ1) is 10.1. The van der Waals surface area contributed by atoms with E-state index in [4.69, 9.17) is 5.73 Å². The maximum Gasteiger partial charge on any atom is 0.251 e. The fraction of sp³-hybridized carbons (Fsp3) is 0.588. The maximum atomic E-state index is 12.3. The molecule has 1 rings (SSSR count). The quantitative estimate of drug-likeness (QED) is 0.655. The summed E-state index contributed by atoms with van der Waals surface area (Å²) in [6.45, 7) is 4.67. The highest BCUT2D eigenvalue weighted by Gasteiger charge is 2.14. The molecule has 4 heteroatoms. The van der Waals surface area contributed by atoms with Crippen molar-refractivity contribution in [2.24, 2.45) is 5.73 Å². The number of carbonyl (C=O) groups excluding carboxylic acids is 1. The summed E-state index contributed by atoms with van der Waals surface area (Å²) in [5, 5.41) is 13.1. The van der Waals surface area contributed by atoms with E-state index in [1.54, 1.807) is 18.2 Å². The molecule has 1 atom stereocenters. The van der Waals surface area contributed by atoms with E-state index in [0.29, 0.717) is 18.5 Å². The number of nitrogens with one attached hydrogen (secondary N) is 1. The van der Waals surface area contributed by atoms with Gasteiger partial charge in [-0.05, 0) is 43.5 Å². The van der Waals surface area contributed by atoms with E-state index in [9.17, 15) is 9.90 Å². The first kappa shape index (κ1) is 17.7. The van der Waals surface area contributed by atoms with E-state index >= 15 is 0 Å². The molecule has 4 N–H and O–H groups in total. The Hall–Kier alpha value is -1.39. The molecule has 1 amide bonds. The summed E-state index contributed by atoms with van der Waals surface area (Å²) in [4.78, 5) is 12.3. The zero-order chi connectivity index (χ0) is 15.7. The normalized spacial score (nSPS) is 12.4.